The monoisotopic (exact) mass is 243 g/mol. The fourth-order valence-electron chi connectivity index (χ4n) is 1.86. The van der Waals surface area contributed by atoms with Crippen LogP contribution in [0.2, 0.25) is 0 Å². The van der Waals surface area contributed by atoms with Crippen LogP contribution in [0.25, 0.3) is 0 Å². The van der Waals surface area contributed by atoms with Gasteiger partial charge in [0, 0.05) is 25.4 Å². The number of aryl methyl sites for hydroxylation is 2. The zero-order valence-corrected chi connectivity index (χ0v) is 11.6. The first-order valence-corrected chi connectivity index (χ1v) is 6.39. The molecular weight excluding hydrogens is 222 g/mol. The fourth-order valence-corrected chi connectivity index (χ4v) is 1.86. The topological polar surface area (TPSA) is 29.9 Å². The van der Waals surface area contributed by atoms with Crippen LogP contribution in [0.3, 0.4) is 0 Å². The summed E-state index contributed by atoms with van der Waals surface area (Å²) in [6, 6.07) is 10.8. The Morgan fingerprint density at radius 3 is 2.39 bits per heavy atom. The SMILES string of the molecule is Cc1cc(NCc2ccc(C(C)C)cc2)nn1C. The lowest BCUT2D eigenvalue weighted by molar-refractivity contribution is 0.741. The third kappa shape index (κ3) is 2.92. The minimum atomic E-state index is 0.588. The van der Waals surface area contributed by atoms with Crippen LogP contribution in [0.5, 0.6) is 0 Å². The van der Waals surface area contributed by atoms with Crippen molar-refractivity contribution in [1.82, 2.24) is 9.78 Å². The molecule has 0 spiro atoms. The van der Waals surface area contributed by atoms with E-state index >= 15 is 0 Å². The average Bonchev–Trinajstić information content (AvgIpc) is 2.67. The van der Waals surface area contributed by atoms with Crippen LogP contribution in [0.15, 0.2) is 30.3 Å². The molecule has 1 aromatic heterocycles. The molecule has 0 unspecified atom stereocenters. The van der Waals surface area contributed by atoms with Gasteiger partial charge in [-0.3, -0.25) is 4.68 Å². The molecule has 0 saturated carbocycles. The average molecular weight is 243 g/mol. The van der Waals surface area contributed by atoms with Gasteiger partial charge in [0.25, 0.3) is 0 Å². The molecule has 18 heavy (non-hydrogen) atoms. The van der Waals surface area contributed by atoms with Gasteiger partial charge in [-0.2, -0.15) is 5.10 Å². The van der Waals surface area contributed by atoms with Crippen LogP contribution in [-0.4, -0.2) is 9.78 Å². The first kappa shape index (κ1) is 12.7. The molecule has 0 atom stereocenters. The Morgan fingerprint density at radius 2 is 1.89 bits per heavy atom. The molecule has 96 valence electrons. The number of aromatic nitrogens is 2. The molecule has 0 amide bonds. The summed E-state index contributed by atoms with van der Waals surface area (Å²) < 4.78 is 1.88. The van der Waals surface area contributed by atoms with Crippen molar-refractivity contribution < 1.29 is 0 Å². The molecule has 0 aliphatic carbocycles. The maximum atomic E-state index is 4.38. The summed E-state index contributed by atoms with van der Waals surface area (Å²) in [4.78, 5) is 0. The lowest BCUT2D eigenvalue weighted by atomic mass is 10.0. The highest BCUT2D eigenvalue weighted by atomic mass is 15.3. The van der Waals surface area contributed by atoms with Gasteiger partial charge in [-0.15, -0.1) is 0 Å². The minimum absolute atomic E-state index is 0.588. The maximum absolute atomic E-state index is 4.38. The van der Waals surface area contributed by atoms with E-state index in [9.17, 15) is 0 Å². The van der Waals surface area contributed by atoms with Crippen molar-refractivity contribution in [3.8, 4) is 0 Å². The zero-order chi connectivity index (χ0) is 13.1. The Balaban J connectivity index is 1.97. The van der Waals surface area contributed by atoms with Crippen molar-refractivity contribution in [2.75, 3.05) is 5.32 Å². The van der Waals surface area contributed by atoms with Crippen LogP contribution in [0.4, 0.5) is 5.82 Å². The van der Waals surface area contributed by atoms with E-state index in [4.69, 9.17) is 0 Å². The lowest BCUT2D eigenvalue weighted by Crippen LogP contribution is -2.01. The predicted molar refractivity (Wildman–Crippen MR) is 75.8 cm³/mol. The number of hydrogen-bond donors (Lipinski definition) is 1. The molecule has 3 nitrogen and oxygen atoms in total. The number of nitrogens with one attached hydrogen (secondary N) is 1. The number of hydrogen-bond acceptors (Lipinski definition) is 2. The van der Waals surface area contributed by atoms with Gasteiger partial charge in [0.05, 0.1) is 0 Å². The van der Waals surface area contributed by atoms with E-state index in [2.05, 4.69) is 61.5 Å². The van der Waals surface area contributed by atoms with Crippen LogP contribution < -0.4 is 5.32 Å². The highest BCUT2D eigenvalue weighted by molar-refractivity contribution is 5.37. The van der Waals surface area contributed by atoms with E-state index in [1.54, 1.807) is 0 Å². The Morgan fingerprint density at radius 1 is 1.22 bits per heavy atom. The molecular formula is C15H21N3. The van der Waals surface area contributed by atoms with Gasteiger partial charge in [0.1, 0.15) is 5.82 Å². The molecule has 0 radical (unpaired) electrons. The first-order valence-electron chi connectivity index (χ1n) is 6.39. The van der Waals surface area contributed by atoms with Gasteiger partial charge in [-0.1, -0.05) is 38.1 Å². The van der Waals surface area contributed by atoms with Gasteiger partial charge in [-0.25, -0.2) is 0 Å². The van der Waals surface area contributed by atoms with E-state index in [0.29, 0.717) is 5.92 Å². The molecule has 2 rings (SSSR count). The van der Waals surface area contributed by atoms with E-state index in [1.807, 2.05) is 11.7 Å². The molecule has 3 heteroatoms. The second kappa shape index (κ2) is 5.25. The van der Waals surface area contributed by atoms with Crippen LogP contribution in [0.1, 0.15) is 36.6 Å². The van der Waals surface area contributed by atoms with E-state index in [1.165, 1.54) is 11.1 Å². The number of anilines is 1. The van der Waals surface area contributed by atoms with Crippen molar-refractivity contribution in [2.24, 2.45) is 7.05 Å². The summed E-state index contributed by atoms with van der Waals surface area (Å²) in [6.45, 7) is 7.29. The van der Waals surface area contributed by atoms with Crippen molar-refractivity contribution in [3.05, 3.63) is 47.2 Å². The summed E-state index contributed by atoms with van der Waals surface area (Å²) in [5, 5.41) is 7.72. The quantitative estimate of drug-likeness (QED) is 0.891. The minimum Gasteiger partial charge on any atom is -0.365 e. The second-order valence-electron chi connectivity index (χ2n) is 5.04. The van der Waals surface area contributed by atoms with Crippen LogP contribution >= 0.6 is 0 Å². The Bertz CT molecular complexity index is 490. The first-order chi connectivity index (χ1) is 8.56. The smallest absolute Gasteiger partial charge is 0.148 e. The molecule has 2 aromatic rings. The maximum Gasteiger partial charge on any atom is 0.148 e. The van der Waals surface area contributed by atoms with Crippen molar-refractivity contribution >= 4 is 5.82 Å². The largest absolute Gasteiger partial charge is 0.365 e. The van der Waals surface area contributed by atoms with Gasteiger partial charge in [-0.05, 0) is 24.0 Å². The second-order valence-corrected chi connectivity index (χ2v) is 5.04. The lowest BCUT2D eigenvalue weighted by Gasteiger charge is -2.07. The van der Waals surface area contributed by atoms with Crippen molar-refractivity contribution in [3.63, 3.8) is 0 Å². The van der Waals surface area contributed by atoms with Crippen molar-refractivity contribution in [2.45, 2.75) is 33.2 Å². The Kier molecular flexibility index (Phi) is 3.70. The molecule has 1 aromatic carbocycles. The molecule has 1 heterocycles. The van der Waals surface area contributed by atoms with Crippen LogP contribution in [0, 0.1) is 6.92 Å². The summed E-state index contributed by atoms with van der Waals surface area (Å²) in [7, 11) is 1.96. The summed E-state index contributed by atoms with van der Waals surface area (Å²) in [5.74, 6) is 1.52. The van der Waals surface area contributed by atoms with E-state index < -0.39 is 0 Å². The number of rotatable bonds is 4. The van der Waals surface area contributed by atoms with Gasteiger partial charge < -0.3 is 5.32 Å². The van der Waals surface area contributed by atoms with E-state index in [-0.39, 0.29) is 0 Å². The molecule has 0 bridgehead atoms. The molecule has 1 N–H and O–H groups in total. The Labute approximate surface area is 109 Å². The highest BCUT2D eigenvalue weighted by Crippen LogP contribution is 2.15. The third-order valence-electron chi connectivity index (χ3n) is 3.23. The third-order valence-corrected chi connectivity index (χ3v) is 3.23. The van der Waals surface area contributed by atoms with E-state index in [0.717, 1.165) is 18.1 Å². The predicted octanol–water partition coefficient (Wildman–Crippen LogP) is 3.46. The van der Waals surface area contributed by atoms with Gasteiger partial charge in [0.15, 0.2) is 0 Å². The standard InChI is InChI=1S/C15H21N3/c1-11(2)14-7-5-13(6-8-14)10-16-15-9-12(3)18(4)17-15/h5-9,11H,10H2,1-4H3,(H,16,17). The highest BCUT2D eigenvalue weighted by Gasteiger charge is 2.01. The number of benzene rings is 1. The van der Waals surface area contributed by atoms with Crippen molar-refractivity contribution in [1.29, 1.82) is 0 Å². The number of nitrogens with zero attached hydrogens (tertiary/aromatic N) is 2. The summed E-state index contributed by atoms with van der Waals surface area (Å²) in [6.07, 6.45) is 0. The van der Waals surface area contributed by atoms with Crippen LogP contribution in [-0.2, 0) is 13.6 Å². The fraction of sp³-hybridized carbons (Fsp3) is 0.400. The van der Waals surface area contributed by atoms with Gasteiger partial charge in [0.2, 0.25) is 0 Å². The normalized spacial score (nSPS) is 10.9. The zero-order valence-electron chi connectivity index (χ0n) is 11.6. The molecule has 0 aliphatic heterocycles. The summed E-state index contributed by atoms with van der Waals surface area (Å²) >= 11 is 0. The molecule has 0 fully saturated rings. The van der Waals surface area contributed by atoms with Gasteiger partial charge >= 0.3 is 0 Å². The molecule has 0 aliphatic rings. The Hall–Kier alpha value is -1.77. The summed E-state index contributed by atoms with van der Waals surface area (Å²) in [5.41, 5.74) is 3.82. The molecule has 0 saturated heterocycles.